The van der Waals surface area contributed by atoms with E-state index in [1.807, 2.05) is 70.7 Å². The molecule has 8 rings (SSSR count). The molecule has 0 unspecified atom stereocenters. The summed E-state index contributed by atoms with van der Waals surface area (Å²) in [5.74, 6) is 0.987. The number of pyridine rings is 1. The zero-order valence-electron chi connectivity index (χ0n) is 35.4. The second kappa shape index (κ2) is 15.4. The van der Waals surface area contributed by atoms with Crippen molar-refractivity contribution in [3.8, 4) is 11.3 Å². The predicted molar refractivity (Wildman–Crippen MR) is 229 cm³/mol. The second-order valence-corrected chi connectivity index (χ2v) is 18.1. The van der Waals surface area contributed by atoms with Gasteiger partial charge in [-0.25, -0.2) is 24.5 Å². The van der Waals surface area contributed by atoms with Crippen molar-refractivity contribution in [2.45, 2.75) is 91.4 Å². The van der Waals surface area contributed by atoms with Crippen LogP contribution in [0.1, 0.15) is 91.0 Å². The van der Waals surface area contributed by atoms with E-state index >= 15 is 0 Å². The molecule has 3 aromatic heterocycles. The molecular weight excluding hydrogens is 763 g/mol. The molecule has 314 valence electrons. The molecule has 0 radical (unpaired) electrons. The van der Waals surface area contributed by atoms with E-state index in [0.29, 0.717) is 18.9 Å². The van der Waals surface area contributed by atoms with E-state index in [9.17, 15) is 19.2 Å². The molecular formula is C45H53N9O6. The summed E-state index contributed by atoms with van der Waals surface area (Å²) in [6.45, 7) is 12.7. The highest BCUT2D eigenvalue weighted by atomic mass is 16.5. The number of carbonyl (C=O) groups excluding carboxylic acids is 4. The molecule has 0 aliphatic carbocycles. The number of fused-ring (bicyclic) bond motifs is 6. The number of likely N-dealkylation sites (tertiary alicyclic amines) is 2. The molecule has 0 spiro atoms. The number of amides is 4. The summed E-state index contributed by atoms with van der Waals surface area (Å²) in [4.78, 5) is 77.9. The molecule has 0 bridgehead atoms. The maximum Gasteiger partial charge on any atom is 0.407 e. The van der Waals surface area contributed by atoms with Crippen molar-refractivity contribution in [2.75, 3.05) is 27.3 Å². The van der Waals surface area contributed by atoms with Crippen LogP contribution in [0.3, 0.4) is 0 Å². The summed E-state index contributed by atoms with van der Waals surface area (Å²) in [5.41, 5.74) is 5.00. The van der Waals surface area contributed by atoms with Gasteiger partial charge in [0.15, 0.2) is 5.82 Å². The van der Waals surface area contributed by atoms with Gasteiger partial charge in [-0.15, -0.1) is 0 Å². The van der Waals surface area contributed by atoms with Crippen molar-refractivity contribution < 1.29 is 28.7 Å². The van der Waals surface area contributed by atoms with Crippen molar-refractivity contribution in [2.24, 2.45) is 10.8 Å². The highest BCUT2D eigenvalue weighted by molar-refractivity contribution is 6.06. The fourth-order valence-electron chi connectivity index (χ4n) is 8.76. The molecule has 60 heavy (non-hydrogen) atoms. The number of benzene rings is 3. The molecule has 4 atom stereocenters. The second-order valence-electron chi connectivity index (χ2n) is 18.1. The highest BCUT2D eigenvalue weighted by Gasteiger charge is 2.43. The topological polar surface area (TPSA) is 188 Å². The summed E-state index contributed by atoms with van der Waals surface area (Å²) in [6.07, 6.45) is 1.85. The minimum absolute atomic E-state index is 0.156. The summed E-state index contributed by atoms with van der Waals surface area (Å²) < 4.78 is 9.66. The number of hydrogen-bond donors (Lipinski definition) is 4. The molecule has 4 N–H and O–H groups in total. The Kier molecular flexibility index (Phi) is 10.4. The van der Waals surface area contributed by atoms with E-state index in [4.69, 9.17) is 24.4 Å². The van der Waals surface area contributed by atoms with Gasteiger partial charge in [0.1, 0.15) is 23.4 Å². The van der Waals surface area contributed by atoms with Crippen LogP contribution in [0.4, 0.5) is 9.59 Å². The molecule has 15 heteroatoms. The molecule has 2 saturated heterocycles. The molecule has 2 aliphatic heterocycles. The lowest BCUT2D eigenvalue weighted by atomic mass is 9.85. The van der Waals surface area contributed by atoms with Crippen molar-refractivity contribution in [3.05, 3.63) is 66.2 Å². The number of carbonyl (C=O) groups is 4. The Morgan fingerprint density at radius 2 is 1.28 bits per heavy atom. The van der Waals surface area contributed by atoms with E-state index in [-0.39, 0.29) is 23.9 Å². The fraction of sp³-hybridized carbons (Fsp3) is 0.444. The van der Waals surface area contributed by atoms with Crippen LogP contribution in [0.2, 0.25) is 0 Å². The number of H-pyrrole nitrogens is 2. The standard InChI is InChI=1S/C45H53N9O6/c1-44(2,3)36(51-42(57)59-7)40(55)53-21-9-11-32(53)38-47-30-17-14-24-23-25(13-15-26(24)34(30)49-38)28-18-16-27-29(46-28)19-20-31-35(27)50-39(48-31)33-12-10-22-54(33)41(56)37(45(4,5)6)52-43(58)60-8/h13-20,23,32-33,36-37,46H,9-12,21-22H2,1-8H3,(H,47,49)(H,51,57)(H,52,58)/t32-,33-,36+,37+/m0/s1. The average molecular weight is 816 g/mol. The minimum atomic E-state index is -0.771. The number of rotatable bonds is 7. The number of imidazole rings is 2. The molecule has 5 heterocycles. The fourth-order valence-corrected chi connectivity index (χ4v) is 8.76. The SMILES string of the molecule is COC(=O)N[C@H](C(=O)N1CCC[C@H]1c1nc2ccc3[nH]c(-c4ccc5c(ccc6[nH]c([C@@H]7CCCN7C(=O)[C@@H](NC(=O)OC)C(C)(C)C)nc65)c4)ccc3c2n1)C(C)(C)C. The number of alkyl carbamates (subject to hydrolysis) is 2. The summed E-state index contributed by atoms with van der Waals surface area (Å²) in [7, 11) is 2.58. The smallest absolute Gasteiger partial charge is 0.407 e. The van der Waals surface area contributed by atoms with E-state index in [1.54, 1.807) is 4.90 Å². The predicted octanol–water partition coefficient (Wildman–Crippen LogP) is 7.68. The van der Waals surface area contributed by atoms with E-state index < -0.39 is 35.1 Å². The van der Waals surface area contributed by atoms with Crippen LogP contribution >= 0.6 is 0 Å². The first kappa shape index (κ1) is 40.5. The number of ether oxygens (including phenoxy) is 2. The molecule has 3 aromatic carbocycles. The lowest BCUT2D eigenvalue weighted by molar-refractivity contribution is -0.137. The van der Waals surface area contributed by atoms with Crippen LogP contribution in [-0.2, 0) is 19.1 Å². The number of nitrogens with zero attached hydrogens (tertiary/aromatic N) is 5. The molecule has 2 aliphatic rings. The van der Waals surface area contributed by atoms with Gasteiger partial charge < -0.3 is 39.9 Å². The highest BCUT2D eigenvalue weighted by Crippen LogP contribution is 2.38. The number of aromatic amines is 2. The number of methoxy groups -OCH3 is 2. The molecule has 0 saturated carbocycles. The third kappa shape index (κ3) is 7.45. The van der Waals surface area contributed by atoms with Gasteiger partial charge in [0.25, 0.3) is 0 Å². The summed E-state index contributed by atoms with van der Waals surface area (Å²) in [6, 6.07) is 16.4. The molecule has 2 fully saturated rings. The maximum atomic E-state index is 13.9. The monoisotopic (exact) mass is 815 g/mol. The van der Waals surface area contributed by atoms with Crippen LogP contribution in [0.5, 0.6) is 0 Å². The Morgan fingerprint density at radius 3 is 1.92 bits per heavy atom. The van der Waals surface area contributed by atoms with Gasteiger partial charge in [-0.1, -0.05) is 59.7 Å². The summed E-state index contributed by atoms with van der Waals surface area (Å²) >= 11 is 0. The van der Waals surface area contributed by atoms with Gasteiger partial charge in [0.05, 0.1) is 42.9 Å². The van der Waals surface area contributed by atoms with Gasteiger partial charge in [-0.2, -0.15) is 0 Å². The van der Waals surface area contributed by atoms with Crippen LogP contribution in [0, 0.1) is 10.8 Å². The summed E-state index contributed by atoms with van der Waals surface area (Å²) in [5, 5.41) is 8.44. The first-order valence-electron chi connectivity index (χ1n) is 20.6. The first-order valence-corrected chi connectivity index (χ1v) is 20.6. The Hall–Kier alpha value is -6.25. The van der Waals surface area contributed by atoms with Crippen molar-refractivity contribution in [1.29, 1.82) is 0 Å². The zero-order valence-corrected chi connectivity index (χ0v) is 35.4. The molecule has 6 aromatic rings. The maximum absolute atomic E-state index is 13.9. The molecule has 15 nitrogen and oxygen atoms in total. The van der Waals surface area contributed by atoms with Crippen molar-refractivity contribution in [1.82, 2.24) is 45.4 Å². The Bertz CT molecular complexity index is 2470. The van der Waals surface area contributed by atoms with E-state index in [1.165, 1.54) is 14.2 Å². The lowest BCUT2D eigenvalue weighted by Gasteiger charge is -2.34. The van der Waals surface area contributed by atoms with Crippen LogP contribution in [0.15, 0.2) is 54.6 Å². The van der Waals surface area contributed by atoms with Gasteiger partial charge in [-0.3, -0.25) is 9.59 Å². The number of aromatic nitrogens is 5. The quantitative estimate of drug-likeness (QED) is 0.125. The van der Waals surface area contributed by atoms with Gasteiger partial charge in [-0.05, 0) is 83.9 Å². The van der Waals surface area contributed by atoms with Crippen LogP contribution < -0.4 is 10.6 Å². The average Bonchev–Trinajstić information content (AvgIpc) is 4.05. The van der Waals surface area contributed by atoms with Gasteiger partial charge >= 0.3 is 12.2 Å². The Labute approximate surface area is 348 Å². The Balaban J connectivity index is 1.05. The van der Waals surface area contributed by atoms with E-state index in [0.717, 1.165) is 86.5 Å². The van der Waals surface area contributed by atoms with Gasteiger partial charge in [0, 0.05) is 35.1 Å². The van der Waals surface area contributed by atoms with E-state index in [2.05, 4.69) is 50.9 Å². The Morgan fingerprint density at radius 1 is 0.683 bits per heavy atom. The third-order valence-electron chi connectivity index (χ3n) is 11.9. The number of hydrogen-bond acceptors (Lipinski definition) is 9. The lowest BCUT2D eigenvalue weighted by Crippen LogP contribution is -2.54. The normalized spacial score (nSPS) is 18.3. The molecule has 4 amide bonds. The zero-order chi connectivity index (χ0) is 42.7. The van der Waals surface area contributed by atoms with Crippen molar-refractivity contribution >= 4 is 67.7 Å². The number of nitrogens with one attached hydrogen (secondary N) is 4. The van der Waals surface area contributed by atoms with Crippen LogP contribution in [0.25, 0.3) is 55.0 Å². The van der Waals surface area contributed by atoms with Crippen molar-refractivity contribution in [3.63, 3.8) is 0 Å². The largest absolute Gasteiger partial charge is 0.453 e. The minimum Gasteiger partial charge on any atom is -0.453 e. The van der Waals surface area contributed by atoms with Crippen LogP contribution in [-0.4, -0.2) is 98.1 Å². The van der Waals surface area contributed by atoms with Gasteiger partial charge in [0.2, 0.25) is 11.8 Å². The first-order chi connectivity index (χ1) is 28.5. The third-order valence-corrected chi connectivity index (χ3v) is 11.9.